The second kappa shape index (κ2) is 7.68. The molecular formula is C22H16INOS. The van der Waals surface area contributed by atoms with Crippen LogP contribution in [0.2, 0.25) is 0 Å². The van der Waals surface area contributed by atoms with E-state index in [2.05, 4.69) is 52.9 Å². The molecular weight excluding hydrogens is 453 g/mol. The molecule has 1 amide bonds. The van der Waals surface area contributed by atoms with Crippen LogP contribution in [-0.4, -0.2) is 5.91 Å². The normalized spacial score (nSPS) is 14.2. The zero-order chi connectivity index (χ0) is 17.9. The molecule has 0 aromatic heterocycles. The molecule has 2 nitrogen and oxygen atoms in total. The molecule has 0 N–H and O–H groups in total. The molecule has 0 unspecified atom stereocenters. The Kier molecular flexibility index (Phi) is 5.13. The van der Waals surface area contributed by atoms with Gasteiger partial charge in [-0.1, -0.05) is 84.6 Å². The molecule has 3 aromatic rings. The number of carbonyl (C=O) groups is 1. The second-order valence-electron chi connectivity index (χ2n) is 5.96. The lowest BCUT2D eigenvalue weighted by Gasteiger charge is -2.23. The summed E-state index contributed by atoms with van der Waals surface area (Å²) in [6.45, 7) is 0.561. The van der Waals surface area contributed by atoms with Gasteiger partial charge in [-0.25, -0.2) is 0 Å². The van der Waals surface area contributed by atoms with Gasteiger partial charge in [-0.15, -0.1) is 0 Å². The molecule has 0 fully saturated rings. The highest BCUT2D eigenvalue weighted by atomic mass is 127. The van der Waals surface area contributed by atoms with Crippen LogP contribution < -0.4 is 4.90 Å². The number of fused-ring (bicyclic) bond motifs is 1. The number of halogens is 1. The minimum atomic E-state index is 0.0470. The summed E-state index contributed by atoms with van der Waals surface area (Å²) in [5.41, 5.74) is 3.16. The molecule has 0 spiro atoms. The summed E-state index contributed by atoms with van der Waals surface area (Å²) in [5.74, 6) is 0.0470. The number of hydrogen-bond donors (Lipinski definition) is 0. The molecule has 1 aliphatic rings. The van der Waals surface area contributed by atoms with E-state index in [9.17, 15) is 4.79 Å². The smallest absolute Gasteiger partial charge is 0.265 e. The number of carbonyl (C=O) groups excluding carboxylic acids is 1. The van der Waals surface area contributed by atoms with Crippen LogP contribution in [0.1, 0.15) is 11.1 Å². The van der Waals surface area contributed by atoms with Crippen LogP contribution in [0.15, 0.2) is 93.4 Å². The molecule has 1 aliphatic heterocycles. The fourth-order valence-corrected chi connectivity index (χ4v) is 4.96. The summed E-state index contributed by atoms with van der Waals surface area (Å²) in [5, 5.41) is 0. The van der Waals surface area contributed by atoms with E-state index < -0.39 is 0 Å². The Morgan fingerprint density at radius 3 is 2.15 bits per heavy atom. The average molecular weight is 469 g/mol. The minimum Gasteiger partial charge on any atom is -0.302 e. The van der Waals surface area contributed by atoms with Gasteiger partial charge in [0.1, 0.15) is 0 Å². The van der Waals surface area contributed by atoms with Crippen molar-refractivity contribution in [1.82, 2.24) is 0 Å². The number of rotatable bonds is 3. The molecule has 0 saturated heterocycles. The van der Waals surface area contributed by atoms with Crippen LogP contribution in [0.25, 0.3) is 4.91 Å². The van der Waals surface area contributed by atoms with Gasteiger partial charge in [-0.05, 0) is 45.9 Å². The van der Waals surface area contributed by atoms with Crippen LogP contribution in [0.3, 0.4) is 0 Å². The van der Waals surface area contributed by atoms with Crippen LogP contribution in [-0.2, 0) is 11.3 Å². The third kappa shape index (κ3) is 3.44. The Morgan fingerprint density at radius 1 is 0.808 bits per heavy atom. The van der Waals surface area contributed by atoms with Crippen LogP contribution in [0.4, 0.5) is 5.69 Å². The van der Waals surface area contributed by atoms with E-state index in [0.717, 1.165) is 30.2 Å². The summed E-state index contributed by atoms with van der Waals surface area (Å²) in [7, 11) is 0. The zero-order valence-corrected chi connectivity index (χ0v) is 16.9. The molecule has 0 saturated carbocycles. The maximum Gasteiger partial charge on any atom is 0.265 e. The second-order valence-corrected chi connectivity index (χ2v) is 8.09. The fourth-order valence-electron chi connectivity index (χ4n) is 2.94. The summed E-state index contributed by atoms with van der Waals surface area (Å²) < 4.78 is 0.755. The molecule has 26 heavy (non-hydrogen) atoms. The predicted molar refractivity (Wildman–Crippen MR) is 117 cm³/mol. The number of thioether (sulfide) groups is 1. The van der Waals surface area contributed by atoms with Crippen molar-refractivity contribution >= 4 is 50.9 Å². The number of anilines is 1. The molecule has 4 rings (SSSR count). The highest BCUT2D eigenvalue weighted by Gasteiger charge is 2.28. The first-order valence-electron chi connectivity index (χ1n) is 8.32. The van der Waals surface area contributed by atoms with Gasteiger partial charge in [-0.3, -0.25) is 4.79 Å². The number of benzene rings is 3. The van der Waals surface area contributed by atoms with E-state index in [1.165, 1.54) is 0 Å². The van der Waals surface area contributed by atoms with E-state index in [1.54, 1.807) is 11.8 Å². The Balaban J connectivity index is 1.83. The predicted octanol–water partition coefficient (Wildman–Crippen LogP) is 6.13. The first kappa shape index (κ1) is 17.4. The van der Waals surface area contributed by atoms with E-state index in [1.807, 2.05) is 59.5 Å². The van der Waals surface area contributed by atoms with Crippen molar-refractivity contribution in [3.8, 4) is 0 Å². The van der Waals surface area contributed by atoms with Gasteiger partial charge in [0, 0.05) is 9.80 Å². The number of para-hydroxylation sites is 1. The lowest BCUT2D eigenvalue weighted by molar-refractivity contribution is -0.114. The van der Waals surface area contributed by atoms with Crippen LogP contribution in [0.5, 0.6) is 0 Å². The van der Waals surface area contributed by atoms with Crippen molar-refractivity contribution in [3.05, 3.63) is 99.6 Å². The first-order chi connectivity index (χ1) is 12.7. The minimum absolute atomic E-state index is 0.0470. The Hall–Kier alpha value is -2.05. The molecule has 0 atom stereocenters. The Labute approximate surface area is 171 Å². The standard InChI is InChI=1S/C22H16INOS/c23-20-21(17-11-5-2-6-12-17)26-19-14-8-7-13-18(19)24(22(20)25)15-16-9-3-1-4-10-16/h1-14H,15H2. The topological polar surface area (TPSA) is 20.3 Å². The summed E-state index contributed by atoms with van der Waals surface area (Å²) >= 11 is 3.86. The number of nitrogens with zero attached hydrogens (tertiary/aromatic N) is 1. The van der Waals surface area contributed by atoms with Crippen molar-refractivity contribution in [2.75, 3.05) is 4.90 Å². The van der Waals surface area contributed by atoms with Crippen LogP contribution in [0, 0.1) is 0 Å². The molecule has 0 radical (unpaired) electrons. The van der Waals surface area contributed by atoms with E-state index in [0.29, 0.717) is 6.54 Å². The van der Waals surface area contributed by atoms with Crippen molar-refractivity contribution in [2.24, 2.45) is 0 Å². The molecule has 3 aromatic carbocycles. The highest BCUT2D eigenvalue weighted by Crippen LogP contribution is 2.46. The summed E-state index contributed by atoms with van der Waals surface area (Å²) in [4.78, 5) is 17.3. The summed E-state index contributed by atoms with van der Waals surface area (Å²) in [6.07, 6.45) is 0. The maximum atomic E-state index is 13.3. The van der Waals surface area contributed by atoms with E-state index in [4.69, 9.17) is 0 Å². The van der Waals surface area contributed by atoms with Gasteiger partial charge in [0.05, 0.1) is 15.8 Å². The number of amides is 1. The zero-order valence-electron chi connectivity index (χ0n) is 13.9. The molecule has 4 heteroatoms. The van der Waals surface area contributed by atoms with Crippen LogP contribution >= 0.6 is 34.4 Å². The van der Waals surface area contributed by atoms with Gasteiger partial charge in [-0.2, -0.15) is 0 Å². The average Bonchev–Trinajstić information content (AvgIpc) is 2.80. The third-order valence-electron chi connectivity index (χ3n) is 4.22. The van der Waals surface area contributed by atoms with Crippen molar-refractivity contribution in [2.45, 2.75) is 11.4 Å². The van der Waals surface area contributed by atoms with Gasteiger partial charge in [0.25, 0.3) is 5.91 Å². The van der Waals surface area contributed by atoms with E-state index >= 15 is 0 Å². The quantitative estimate of drug-likeness (QED) is 0.431. The largest absolute Gasteiger partial charge is 0.302 e. The van der Waals surface area contributed by atoms with Gasteiger partial charge >= 0.3 is 0 Å². The van der Waals surface area contributed by atoms with Gasteiger partial charge < -0.3 is 4.90 Å². The van der Waals surface area contributed by atoms with Crippen molar-refractivity contribution < 1.29 is 4.79 Å². The van der Waals surface area contributed by atoms with Crippen molar-refractivity contribution in [1.29, 1.82) is 0 Å². The first-order valence-corrected chi connectivity index (χ1v) is 10.2. The molecule has 0 bridgehead atoms. The highest BCUT2D eigenvalue weighted by molar-refractivity contribution is 14.1. The molecule has 1 heterocycles. The Morgan fingerprint density at radius 2 is 1.42 bits per heavy atom. The number of hydrogen-bond acceptors (Lipinski definition) is 2. The fraction of sp³-hybridized carbons (Fsp3) is 0.0455. The Bertz CT molecular complexity index is 970. The lowest BCUT2D eigenvalue weighted by atomic mass is 10.1. The maximum absolute atomic E-state index is 13.3. The summed E-state index contributed by atoms with van der Waals surface area (Å²) in [6, 6.07) is 28.4. The van der Waals surface area contributed by atoms with Gasteiger partial charge in [0.15, 0.2) is 0 Å². The molecule has 128 valence electrons. The SMILES string of the molecule is O=C1C(I)=C(c2ccccc2)Sc2ccccc2N1Cc1ccccc1. The van der Waals surface area contributed by atoms with Crippen molar-refractivity contribution in [3.63, 3.8) is 0 Å². The lowest BCUT2D eigenvalue weighted by Crippen LogP contribution is -2.30. The van der Waals surface area contributed by atoms with Gasteiger partial charge in [0.2, 0.25) is 0 Å². The van der Waals surface area contributed by atoms with E-state index in [-0.39, 0.29) is 5.91 Å². The monoisotopic (exact) mass is 469 g/mol. The molecule has 0 aliphatic carbocycles. The third-order valence-corrected chi connectivity index (χ3v) is 6.80.